The standard InChI is InChI=1S/C17H12N2S/c1-18-11-7-8-15-13(9-11)14-10-20-16-6-4-3-5-12(16)17(14)19(15)2/h3-9H,10H2,2H3. The van der Waals surface area contributed by atoms with Crippen LogP contribution >= 0.6 is 11.8 Å². The first-order valence-corrected chi connectivity index (χ1v) is 7.49. The molecule has 3 heteroatoms. The molecule has 2 aromatic carbocycles. The highest BCUT2D eigenvalue weighted by atomic mass is 32.2. The zero-order valence-corrected chi connectivity index (χ0v) is 11.9. The number of aromatic nitrogens is 1. The molecule has 1 aliphatic rings. The number of nitrogens with zero attached hydrogens (tertiary/aromatic N) is 2. The minimum atomic E-state index is 0.717. The van der Waals surface area contributed by atoms with Gasteiger partial charge in [0.25, 0.3) is 0 Å². The van der Waals surface area contributed by atoms with Gasteiger partial charge in [0, 0.05) is 28.8 Å². The molecule has 0 spiro atoms. The maximum absolute atomic E-state index is 7.20. The van der Waals surface area contributed by atoms with Crippen molar-refractivity contribution in [1.82, 2.24) is 4.57 Å². The third-order valence-corrected chi connectivity index (χ3v) is 5.03. The number of fused-ring (bicyclic) bond motifs is 5. The highest BCUT2D eigenvalue weighted by molar-refractivity contribution is 7.98. The van der Waals surface area contributed by atoms with Gasteiger partial charge in [-0.05, 0) is 29.1 Å². The fraction of sp³-hybridized carbons (Fsp3) is 0.118. The number of rotatable bonds is 0. The van der Waals surface area contributed by atoms with Crippen LogP contribution in [0, 0.1) is 6.57 Å². The molecule has 2 heterocycles. The summed E-state index contributed by atoms with van der Waals surface area (Å²) >= 11 is 1.88. The molecule has 0 aliphatic carbocycles. The third kappa shape index (κ3) is 1.46. The van der Waals surface area contributed by atoms with Gasteiger partial charge >= 0.3 is 0 Å². The third-order valence-electron chi connectivity index (χ3n) is 3.93. The van der Waals surface area contributed by atoms with Crippen molar-refractivity contribution in [2.45, 2.75) is 10.6 Å². The molecular formula is C17H12N2S. The van der Waals surface area contributed by atoms with Gasteiger partial charge in [0.2, 0.25) is 0 Å². The van der Waals surface area contributed by atoms with Crippen molar-refractivity contribution < 1.29 is 0 Å². The van der Waals surface area contributed by atoms with Gasteiger partial charge in [0.15, 0.2) is 5.69 Å². The van der Waals surface area contributed by atoms with Gasteiger partial charge in [-0.1, -0.05) is 24.3 Å². The molecule has 0 fully saturated rings. The van der Waals surface area contributed by atoms with Crippen LogP contribution < -0.4 is 0 Å². The van der Waals surface area contributed by atoms with Crippen LogP contribution in [0.3, 0.4) is 0 Å². The van der Waals surface area contributed by atoms with Crippen molar-refractivity contribution >= 4 is 28.4 Å². The topological polar surface area (TPSA) is 9.29 Å². The predicted molar refractivity (Wildman–Crippen MR) is 84.2 cm³/mol. The van der Waals surface area contributed by atoms with Gasteiger partial charge in [0.05, 0.1) is 12.3 Å². The van der Waals surface area contributed by atoms with E-state index in [-0.39, 0.29) is 0 Å². The fourth-order valence-electron chi connectivity index (χ4n) is 3.01. The number of thioether (sulfide) groups is 1. The zero-order valence-electron chi connectivity index (χ0n) is 11.1. The largest absolute Gasteiger partial charge is 0.343 e. The van der Waals surface area contributed by atoms with E-state index >= 15 is 0 Å². The van der Waals surface area contributed by atoms with Crippen LogP contribution in [-0.4, -0.2) is 4.57 Å². The lowest BCUT2D eigenvalue weighted by Gasteiger charge is -2.17. The summed E-state index contributed by atoms with van der Waals surface area (Å²) in [5, 5.41) is 1.22. The Kier molecular flexibility index (Phi) is 2.42. The molecule has 96 valence electrons. The van der Waals surface area contributed by atoms with E-state index in [9.17, 15) is 0 Å². The molecule has 0 bridgehead atoms. The van der Waals surface area contributed by atoms with E-state index in [4.69, 9.17) is 6.57 Å². The Labute approximate surface area is 121 Å². The first kappa shape index (κ1) is 11.6. The summed E-state index contributed by atoms with van der Waals surface area (Å²) in [4.78, 5) is 4.90. The molecule has 0 unspecified atom stereocenters. The van der Waals surface area contributed by atoms with Crippen LogP contribution in [0.15, 0.2) is 47.4 Å². The molecule has 4 rings (SSSR count). The Morgan fingerprint density at radius 3 is 2.90 bits per heavy atom. The summed E-state index contributed by atoms with van der Waals surface area (Å²) in [5.41, 5.74) is 5.89. The van der Waals surface area contributed by atoms with E-state index in [1.165, 1.54) is 32.6 Å². The summed E-state index contributed by atoms with van der Waals surface area (Å²) < 4.78 is 2.26. The Hall–Kier alpha value is -2.18. The maximum Gasteiger partial charge on any atom is 0.188 e. The highest BCUT2D eigenvalue weighted by Crippen LogP contribution is 2.45. The van der Waals surface area contributed by atoms with E-state index in [1.54, 1.807) is 0 Å². The second-order valence-electron chi connectivity index (χ2n) is 4.98. The SMILES string of the molecule is [C-]#[N+]c1ccc2c(c1)c1c(n2C)-c2ccccc2SC1. The Morgan fingerprint density at radius 1 is 1.20 bits per heavy atom. The molecule has 0 saturated carbocycles. The van der Waals surface area contributed by atoms with Gasteiger partial charge in [0.1, 0.15) is 0 Å². The average Bonchev–Trinajstić information content (AvgIpc) is 2.80. The summed E-state index contributed by atoms with van der Waals surface area (Å²) in [6.07, 6.45) is 0. The molecule has 0 atom stereocenters. The lowest BCUT2D eigenvalue weighted by Crippen LogP contribution is -1.98. The molecule has 0 radical (unpaired) electrons. The van der Waals surface area contributed by atoms with Crippen LogP contribution in [0.2, 0.25) is 0 Å². The minimum absolute atomic E-state index is 0.717. The second kappa shape index (κ2) is 4.16. The summed E-state index contributed by atoms with van der Waals surface area (Å²) in [7, 11) is 2.12. The molecular weight excluding hydrogens is 264 g/mol. The van der Waals surface area contributed by atoms with Crippen LogP contribution in [-0.2, 0) is 12.8 Å². The first-order valence-electron chi connectivity index (χ1n) is 6.50. The monoisotopic (exact) mass is 276 g/mol. The number of hydrogen-bond acceptors (Lipinski definition) is 1. The molecule has 0 saturated heterocycles. The number of benzene rings is 2. The van der Waals surface area contributed by atoms with Gasteiger partial charge in [-0.3, -0.25) is 0 Å². The Balaban J connectivity index is 2.12. The molecule has 0 amide bonds. The smallest absolute Gasteiger partial charge is 0.188 e. The predicted octanol–water partition coefficient (Wildman–Crippen LogP) is 5.00. The van der Waals surface area contributed by atoms with Crippen molar-refractivity contribution in [3.05, 3.63) is 59.4 Å². The molecule has 1 aromatic heterocycles. The van der Waals surface area contributed by atoms with Crippen molar-refractivity contribution in [3.8, 4) is 11.3 Å². The van der Waals surface area contributed by atoms with Crippen LogP contribution in [0.25, 0.3) is 27.0 Å². The number of aryl methyl sites for hydroxylation is 1. The normalized spacial score (nSPS) is 12.8. The van der Waals surface area contributed by atoms with Gasteiger partial charge in [-0.25, -0.2) is 4.85 Å². The Morgan fingerprint density at radius 2 is 2.05 bits per heavy atom. The van der Waals surface area contributed by atoms with E-state index < -0.39 is 0 Å². The molecule has 20 heavy (non-hydrogen) atoms. The van der Waals surface area contributed by atoms with E-state index in [2.05, 4.69) is 46.8 Å². The Bertz CT molecular complexity index is 884. The highest BCUT2D eigenvalue weighted by Gasteiger charge is 2.23. The van der Waals surface area contributed by atoms with Crippen molar-refractivity contribution in [2.75, 3.05) is 0 Å². The summed E-state index contributed by atoms with van der Waals surface area (Å²) in [6, 6.07) is 14.6. The van der Waals surface area contributed by atoms with Gasteiger partial charge in [-0.2, -0.15) is 0 Å². The quantitative estimate of drug-likeness (QED) is 0.525. The van der Waals surface area contributed by atoms with E-state index in [0.29, 0.717) is 0 Å². The molecule has 2 nitrogen and oxygen atoms in total. The van der Waals surface area contributed by atoms with Crippen LogP contribution in [0.5, 0.6) is 0 Å². The second-order valence-corrected chi connectivity index (χ2v) is 6.00. The van der Waals surface area contributed by atoms with E-state index in [0.717, 1.165) is 11.4 Å². The molecule has 1 aliphatic heterocycles. The number of hydrogen-bond donors (Lipinski definition) is 0. The van der Waals surface area contributed by atoms with Crippen LogP contribution in [0.4, 0.5) is 5.69 Å². The average molecular weight is 276 g/mol. The van der Waals surface area contributed by atoms with Crippen molar-refractivity contribution in [1.29, 1.82) is 0 Å². The maximum atomic E-state index is 7.20. The molecule has 0 N–H and O–H groups in total. The summed E-state index contributed by atoms with van der Waals surface area (Å²) in [6.45, 7) is 7.20. The fourth-order valence-corrected chi connectivity index (χ4v) is 4.09. The lowest BCUT2D eigenvalue weighted by molar-refractivity contribution is 0.966. The molecule has 3 aromatic rings. The van der Waals surface area contributed by atoms with Gasteiger partial charge < -0.3 is 4.57 Å². The van der Waals surface area contributed by atoms with Crippen LogP contribution in [0.1, 0.15) is 5.56 Å². The minimum Gasteiger partial charge on any atom is -0.343 e. The van der Waals surface area contributed by atoms with Crippen molar-refractivity contribution in [3.63, 3.8) is 0 Å². The van der Waals surface area contributed by atoms with Gasteiger partial charge in [-0.15, -0.1) is 11.8 Å². The lowest BCUT2D eigenvalue weighted by atomic mass is 10.1. The van der Waals surface area contributed by atoms with Crippen molar-refractivity contribution in [2.24, 2.45) is 7.05 Å². The van der Waals surface area contributed by atoms with E-state index in [1.807, 2.05) is 23.9 Å². The first-order chi connectivity index (χ1) is 9.79. The zero-order chi connectivity index (χ0) is 13.7. The summed E-state index contributed by atoms with van der Waals surface area (Å²) in [5.74, 6) is 0.977.